The van der Waals surface area contributed by atoms with Gasteiger partial charge >= 0.3 is 0 Å². The molecule has 32 heavy (non-hydrogen) atoms. The summed E-state index contributed by atoms with van der Waals surface area (Å²) in [6.07, 6.45) is 3.59. The standard InChI is InChI=1S/C28H26N2O2/c1-3-4-5-24-17-23(9-10-25(24)19-30)20(2)27-16-21(8-13-28(27)31)14-15-32-26-11-6-22(18-29)7-12-26/h6-13,16-17,31H,2-5,14-15H2,1H3. The van der Waals surface area contributed by atoms with Crippen molar-refractivity contribution in [3.05, 3.63) is 101 Å². The Hall–Kier alpha value is -4.02. The molecule has 0 aliphatic rings. The zero-order chi connectivity index (χ0) is 22.9. The normalized spacial score (nSPS) is 10.2. The Morgan fingerprint density at radius 2 is 1.75 bits per heavy atom. The summed E-state index contributed by atoms with van der Waals surface area (Å²) in [5.41, 5.74) is 5.61. The second-order valence-electron chi connectivity index (χ2n) is 7.65. The van der Waals surface area contributed by atoms with Gasteiger partial charge < -0.3 is 9.84 Å². The summed E-state index contributed by atoms with van der Waals surface area (Å²) in [6, 6.07) is 22.6. The second kappa shape index (κ2) is 10.8. The molecule has 0 saturated heterocycles. The number of nitriles is 2. The van der Waals surface area contributed by atoms with Crippen molar-refractivity contribution in [3.63, 3.8) is 0 Å². The van der Waals surface area contributed by atoms with E-state index in [0.717, 1.165) is 41.5 Å². The number of nitrogens with zero attached hydrogens (tertiary/aromatic N) is 2. The van der Waals surface area contributed by atoms with Crippen LogP contribution in [0.4, 0.5) is 0 Å². The maximum Gasteiger partial charge on any atom is 0.123 e. The molecule has 3 aromatic rings. The molecule has 0 bridgehead atoms. The van der Waals surface area contributed by atoms with Gasteiger partial charge in [-0.3, -0.25) is 0 Å². The maximum atomic E-state index is 10.5. The first-order chi connectivity index (χ1) is 15.5. The van der Waals surface area contributed by atoms with E-state index in [2.05, 4.69) is 25.6 Å². The van der Waals surface area contributed by atoms with E-state index < -0.39 is 0 Å². The van der Waals surface area contributed by atoms with Crippen LogP contribution in [0.5, 0.6) is 11.5 Å². The third kappa shape index (κ3) is 5.56. The lowest BCUT2D eigenvalue weighted by atomic mass is 9.92. The number of hydrogen-bond acceptors (Lipinski definition) is 4. The topological polar surface area (TPSA) is 77.0 Å². The fraction of sp³-hybridized carbons (Fsp3) is 0.214. The summed E-state index contributed by atoms with van der Waals surface area (Å²) in [5.74, 6) is 0.885. The highest BCUT2D eigenvalue weighted by Crippen LogP contribution is 2.31. The predicted molar refractivity (Wildman–Crippen MR) is 126 cm³/mol. The molecule has 0 aliphatic heterocycles. The highest BCUT2D eigenvalue weighted by molar-refractivity contribution is 5.82. The number of rotatable bonds is 9. The van der Waals surface area contributed by atoms with Gasteiger partial charge in [-0.05, 0) is 83.6 Å². The van der Waals surface area contributed by atoms with E-state index >= 15 is 0 Å². The monoisotopic (exact) mass is 422 g/mol. The molecular weight excluding hydrogens is 396 g/mol. The van der Waals surface area contributed by atoms with E-state index in [-0.39, 0.29) is 5.75 Å². The van der Waals surface area contributed by atoms with Gasteiger partial charge in [0.15, 0.2) is 0 Å². The van der Waals surface area contributed by atoms with Gasteiger partial charge in [-0.1, -0.05) is 32.1 Å². The van der Waals surface area contributed by atoms with Crippen LogP contribution in [-0.2, 0) is 12.8 Å². The number of unbranched alkanes of at least 4 members (excludes halogenated alkanes) is 1. The molecule has 160 valence electrons. The molecule has 0 fully saturated rings. The van der Waals surface area contributed by atoms with Crippen LogP contribution in [0.3, 0.4) is 0 Å². The van der Waals surface area contributed by atoms with Gasteiger partial charge in [-0.15, -0.1) is 0 Å². The molecular formula is C28H26N2O2. The zero-order valence-electron chi connectivity index (χ0n) is 18.3. The molecule has 0 heterocycles. The third-order valence-electron chi connectivity index (χ3n) is 5.40. The van der Waals surface area contributed by atoms with Crippen molar-refractivity contribution in [3.8, 4) is 23.6 Å². The average molecular weight is 423 g/mol. The molecule has 3 rings (SSSR count). The Labute approximate surface area is 189 Å². The SMILES string of the molecule is C=C(c1ccc(C#N)c(CCCC)c1)c1cc(CCOc2ccc(C#N)cc2)ccc1O. The largest absolute Gasteiger partial charge is 0.507 e. The summed E-state index contributed by atoms with van der Waals surface area (Å²) >= 11 is 0. The van der Waals surface area contributed by atoms with Gasteiger partial charge in [0.2, 0.25) is 0 Å². The predicted octanol–water partition coefficient (Wildman–Crippen LogP) is 6.16. The van der Waals surface area contributed by atoms with Crippen molar-refractivity contribution >= 4 is 5.57 Å². The van der Waals surface area contributed by atoms with Gasteiger partial charge in [0.1, 0.15) is 11.5 Å². The highest BCUT2D eigenvalue weighted by atomic mass is 16.5. The van der Waals surface area contributed by atoms with Crippen LogP contribution >= 0.6 is 0 Å². The van der Waals surface area contributed by atoms with Crippen molar-refractivity contribution < 1.29 is 9.84 Å². The number of aromatic hydroxyl groups is 1. The van der Waals surface area contributed by atoms with Gasteiger partial charge in [0.05, 0.1) is 29.9 Å². The third-order valence-corrected chi connectivity index (χ3v) is 5.40. The first-order valence-electron chi connectivity index (χ1n) is 10.7. The molecule has 1 N–H and O–H groups in total. The van der Waals surface area contributed by atoms with Crippen LogP contribution in [0.1, 0.15) is 53.1 Å². The van der Waals surface area contributed by atoms with Crippen molar-refractivity contribution in [2.45, 2.75) is 32.6 Å². The molecule has 0 amide bonds. The molecule has 4 heteroatoms. The Kier molecular flexibility index (Phi) is 7.68. The van der Waals surface area contributed by atoms with Crippen LogP contribution in [-0.4, -0.2) is 11.7 Å². The number of benzene rings is 3. The fourth-order valence-electron chi connectivity index (χ4n) is 3.51. The van der Waals surface area contributed by atoms with Crippen molar-refractivity contribution in [2.75, 3.05) is 6.61 Å². The van der Waals surface area contributed by atoms with E-state index in [0.29, 0.717) is 35.5 Å². The van der Waals surface area contributed by atoms with Crippen molar-refractivity contribution in [2.24, 2.45) is 0 Å². The molecule has 0 atom stereocenters. The lowest BCUT2D eigenvalue weighted by Gasteiger charge is -2.13. The molecule has 0 spiro atoms. The van der Waals surface area contributed by atoms with E-state index in [1.54, 1.807) is 30.3 Å². The average Bonchev–Trinajstić information content (AvgIpc) is 2.83. The molecule has 0 unspecified atom stereocenters. The van der Waals surface area contributed by atoms with Crippen LogP contribution in [0.15, 0.2) is 67.2 Å². The molecule has 3 aromatic carbocycles. The number of ether oxygens (including phenoxy) is 1. The Balaban J connectivity index is 1.74. The lowest BCUT2D eigenvalue weighted by Crippen LogP contribution is -2.02. The van der Waals surface area contributed by atoms with Gasteiger partial charge in [-0.25, -0.2) is 0 Å². The number of hydrogen-bond donors (Lipinski definition) is 1. The van der Waals surface area contributed by atoms with Crippen LogP contribution in [0.25, 0.3) is 5.57 Å². The highest BCUT2D eigenvalue weighted by Gasteiger charge is 2.12. The quantitative estimate of drug-likeness (QED) is 0.448. The molecule has 0 aromatic heterocycles. The fourth-order valence-corrected chi connectivity index (χ4v) is 3.51. The van der Waals surface area contributed by atoms with E-state index in [1.165, 1.54) is 0 Å². The van der Waals surface area contributed by atoms with Crippen LogP contribution in [0, 0.1) is 22.7 Å². The van der Waals surface area contributed by atoms with E-state index in [9.17, 15) is 10.4 Å². The maximum absolute atomic E-state index is 10.5. The molecule has 0 radical (unpaired) electrons. The summed E-state index contributed by atoms with van der Waals surface area (Å²) in [4.78, 5) is 0. The first kappa shape index (κ1) is 22.7. The van der Waals surface area contributed by atoms with Crippen molar-refractivity contribution in [1.82, 2.24) is 0 Å². The summed E-state index contributed by atoms with van der Waals surface area (Å²) in [6.45, 7) is 6.82. The Morgan fingerprint density at radius 1 is 0.969 bits per heavy atom. The van der Waals surface area contributed by atoms with Gasteiger partial charge in [0, 0.05) is 12.0 Å². The minimum Gasteiger partial charge on any atom is -0.507 e. The van der Waals surface area contributed by atoms with Gasteiger partial charge in [0.25, 0.3) is 0 Å². The van der Waals surface area contributed by atoms with Crippen LogP contribution in [0.2, 0.25) is 0 Å². The van der Waals surface area contributed by atoms with Gasteiger partial charge in [-0.2, -0.15) is 10.5 Å². The molecule has 4 nitrogen and oxygen atoms in total. The van der Waals surface area contributed by atoms with Crippen molar-refractivity contribution in [1.29, 1.82) is 10.5 Å². The minimum absolute atomic E-state index is 0.172. The minimum atomic E-state index is 0.172. The number of phenols is 1. The number of aryl methyl sites for hydroxylation is 1. The molecule has 0 saturated carbocycles. The van der Waals surface area contributed by atoms with E-state index in [1.807, 2.05) is 30.3 Å². The zero-order valence-corrected chi connectivity index (χ0v) is 18.3. The summed E-state index contributed by atoms with van der Waals surface area (Å²) in [7, 11) is 0. The Bertz CT molecular complexity index is 1180. The smallest absolute Gasteiger partial charge is 0.123 e. The Morgan fingerprint density at radius 3 is 2.44 bits per heavy atom. The first-order valence-corrected chi connectivity index (χ1v) is 10.7. The summed E-state index contributed by atoms with van der Waals surface area (Å²) < 4.78 is 5.78. The van der Waals surface area contributed by atoms with E-state index in [4.69, 9.17) is 10.00 Å². The van der Waals surface area contributed by atoms with Crippen LogP contribution < -0.4 is 4.74 Å². The second-order valence-corrected chi connectivity index (χ2v) is 7.65. The number of phenolic OH excluding ortho intramolecular Hbond substituents is 1. The lowest BCUT2D eigenvalue weighted by molar-refractivity contribution is 0.322. The summed E-state index contributed by atoms with van der Waals surface area (Å²) in [5, 5.41) is 28.7. The molecule has 0 aliphatic carbocycles.